The molecule has 0 unspecified atom stereocenters. The third-order valence-electron chi connectivity index (χ3n) is 2.31. The Morgan fingerprint density at radius 1 is 1.41 bits per heavy atom. The van der Waals surface area contributed by atoms with E-state index in [1.807, 2.05) is 23.0 Å². The molecule has 2 rings (SSSR count). The van der Waals surface area contributed by atoms with E-state index < -0.39 is 4.92 Å². The first-order valence-electron chi connectivity index (χ1n) is 4.80. The number of benzene rings is 1. The van der Waals surface area contributed by atoms with Crippen molar-refractivity contribution in [1.29, 1.82) is 0 Å². The normalized spacial score (nSPS) is 10.5. The molecule has 0 N–H and O–H groups in total. The summed E-state index contributed by atoms with van der Waals surface area (Å²) in [5, 5.41) is 11.4. The number of nitro groups is 1. The Labute approximate surface area is 111 Å². The predicted molar refractivity (Wildman–Crippen MR) is 69.3 cm³/mol. The molecule has 0 aliphatic rings. The Morgan fingerprint density at radius 3 is 2.76 bits per heavy atom. The summed E-state index contributed by atoms with van der Waals surface area (Å²) in [6, 6.07) is 6.44. The molecule has 0 saturated heterocycles. The number of hydrogen-bond donors (Lipinski definition) is 0. The average molecular weight is 316 g/mol. The van der Waals surface area contributed by atoms with Gasteiger partial charge in [-0.2, -0.15) is 0 Å². The Balaban J connectivity index is 2.37. The maximum Gasteiger partial charge on any atom is 0.274 e. The fraction of sp³-hybridized carbons (Fsp3) is 0.0909. The maximum atomic E-state index is 10.9. The Hall–Kier alpha value is -1.33. The molecule has 17 heavy (non-hydrogen) atoms. The second-order valence-electron chi connectivity index (χ2n) is 3.53. The first-order valence-corrected chi connectivity index (χ1v) is 5.97. The van der Waals surface area contributed by atoms with Crippen molar-refractivity contribution < 1.29 is 4.92 Å². The second kappa shape index (κ2) is 4.89. The van der Waals surface area contributed by atoms with Crippen LogP contribution in [0, 0.1) is 10.1 Å². The van der Waals surface area contributed by atoms with Crippen LogP contribution in [-0.4, -0.2) is 9.49 Å². The number of nitro benzene ring substituents is 1. The van der Waals surface area contributed by atoms with Crippen molar-refractivity contribution in [2.75, 3.05) is 0 Å². The summed E-state index contributed by atoms with van der Waals surface area (Å²) in [6.45, 7) is 0.419. The highest BCUT2D eigenvalue weighted by Crippen LogP contribution is 2.24. The summed E-state index contributed by atoms with van der Waals surface area (Å²) >= 11 is 9.18. The fourth-order valence-corrected chi connectivity index (χ4v) is 2.14. The van der Waals surface area contributed by atoms with Crippen molar-refractivity contribution in [2.24, 2.45) is 0 Å². The zero-order valence-corrected chi connectivity index (χ0v) is 11.0. The topological polar surface area (TPSA) is 48.1 Å². The predicted octanol–water partition coefficient (Wildman–Crippen LogP) is 3.86. The molecule has 0 atom stereocenters. The van der Waals surface area contributed by atoms with Crippen molar-refractivity contribution in [2.45, 2.75) is 6.54 Å². The molecule has 4 nitrogen and oxygen atoms in total. The lowest BCUT2D eigenvalue weighted by Crippen LogP contribution is -2.01. The van der Waals surface area contributed by atoms with E-state index in [2.05, 4.69) is 15.9 Å². The molecular formula is C11H8BrClN2O2. The molecule has 0 bridgehead atoms. The SMILES string of the molecule is O=[N+]([O-])c1ccc(Cl)cc1Cn1ccc(Br)c1. The van der Waals surface area contributed by atoms with Crippen molar-refractivity contribution in [3.8, 4) is 0 Å². The van der Waals surface area contributed by atoms with Crippen LogP contribution < -0.4 is 0 Å². The summed E-state index contributed by atoms with van der Waals surface area (Å²) < 4.78 is 2.78. The van der Waals surface area contributed by atoms with Gasteiger partial charge in [0.1, 0.15) is 0 Å². The molecule has 1 heterocycles. The Bertz CT molecular complexity index is 568. The third kappa shape index (κ3) is 2.87. The van der Waals surface area contributed by atoms with E-state index in [0.717, 1.165) is 4.47 Å². The lowest BCUT2D eigenvalue weighted by molar-refractivity contribution is -0.385. The monoisotopic (exact) mass is 314 g/mol. The zero-order valence-electron chi connectivity index (χ0n) is 8.64. The average Bonchev–Trinajstić information content (AvgIpc) is 2.63. The van der Waals surface area contributed by atoms with Gasteiger partial charge in [-0.15, -0.1) is 0 Å². The van der Waals surface area contributed by atoms with E-state index in [1.54, 1.807) is 6.07 Å². The van der Waals surface area contributed by atoms with E-state index in [4.69, 9.17) is 11.6 Å². The van der Waals surface area contributed by atoms with Crippen molar-refractivity contribution >= 4 is 33.2 Å². The maximum absolute atomic E-state index is 10.9. The minimum atomic E-state index is -0.399. The van der Waals surface area contributed by atoms with E-state index in [9.17, 15) is 10.1 Å². The Morgan fingerprint density at radius 2 is 2.18 bits per heavy atom. The lowest BCUT2D eigenvalue weighted by Gasteiger charge is -2.04. The molecule has 2 aromatic rings. The van der Waals surface area contributed by atoms with Crippen molar-refractivity contribution in [3.63, 3.8) is 0 Å². The van der Waals surface area contributed by atoms with Crippen LogP contribution in [0.15, 0.2) is 41.1 Å². The van der Waals surface area contributed by atoms with E-state index in [-0.39, 0.29) is 5.69 Å². The quantitative estimate of drug-likeness (QED) is 0.638. The second-order valence-corrected chi connectivity index (χ2v) is 4.88. The molecule has 0 saturated carbocycles. The fourth-order valence-electron chi connectivity index (χ4n) is 1.57. The van der Waals surface area contributed by atoms with Gasteiger partial charge in [0.05, 0.1) is 17.0 Å². The van der Waals surface area contributed by atoms with Gasteiger partial charge in [-0.05, 0) is 34.1 Å². The van der Waals surface area contributed by atoms with Crippen molar-refractivity contribution in [1.82, 2.24) is 4.57 Å². The molecule has 0 radical (unpaired) electrons. The van der Waals surface area contributed by atoms with Crippen LogP contribution in [0.5, 0.6) is 0 Å². The number of rotatable bonds is 3. The van der Waals surface area contributed by atoms with E-state index >= 15 is 0 Å². The van der Waals surface area contributed by atoms with Gasteiger partial charge >= 0.3 is 0 Å². The molecule has 88 valence electrons. The van der Waals surface area contributed by atoms with Gasteiger partial charge in [-0.25, -0.2) is 0 Å². The van der Waals surface area contributed by atoms with Crippen LogP contribution in [0.4, 0.5) is 5.69 Å². The lowest BCUT2D eigenvalue weighted by atomic mass is 10.2. The molecule has 6 heteroatoms. The van der Waals surface area contributed by atoms with Gasteiger partial charge in [-0.1, -0.05) is 11.6 Å². The van der Waals surface area contributed by atoms with Crippen LogP contribution in [0.25, 0.3) is 0 Å². The standard InChI is InChI=1S/C11H8BrClN2O2/c12-9-3-4-14(7-9)6-8-5-10(13)1-2-11(8)15(16)17/h1-5,7H,6H2. The van der Waals surface area contributed by atoms with Gasteiger partial charge in [0.2, 0.25) is 0 Å². The molecule has 0 aliphatic carbocycles. The van der Waals surface area contributed by atoms with Gasteiger partial charge in [0.15, 0.2) is 0 Å². The van der Waals surface area contributed by atoms with Gasteiger partial charge in [-0.3, -0.25) is 10.1 Å². The molecule has 0 fully saturated rings. The summed E-state index contributed by atoms with van der Waals surface area (Å²) in [5.74, 6) is 0. The van der Waals surface area contributed by atoms with Gasteiger partial charge in [0, 0.05) is 28.0 Å². The highest BCUT2D eigenvalue weighted by Gasteiger charge is 2.14. The molecule has 1 aromatic heterocycles. The largest absolute Gasteiger partial charge is 0.348 e. The first-order chi connectivity index (χ1) is 8.06. The molecular weight excluding hydrogens is 307 g/mol. The van der Waals surface area contributed by atoms with Crippen LogP contribution in [-0.2, 0) is 6.54 Å². The number of nitrogens with zero attached hydrogens (tertiary/aromatic N) is 2. The van der Waals surface area contributed by atoms with Crippen molar-refractivity contribution in [3.05, 3.63) is 61.8 Å². The minimum absolute atomic E-state index is 0.0826. The number of halogens is 2. The third-order valence-corrected chi connectivity index (χ3v) is 3.01. The van der Waals surface area contributed by atoms with Crippen LogP contribution in [0.2, 0.25) is 5.02 Å². The summed E-state index contributed by atoms with van der Waals surface area (Å²) in [5.41, 5.74) is 0.671. The molecule has 0 aliphatic heterocycles. The van der Waals surface area contributed by atoms with Crippen LogP contribution >= 0.6 is 27.5 Å². The minimum Gasteiger partial charge on any atom is -0.348 e. The molecule has 0 spiro atoms. The Kier molecular flexibility index (Phi) is 3.49. The number of hydrogen-bond acceptors (Lipinski definition) is 2. The summed E-state index contributed by atoms with van der Waals surface area (Å²) in [7, 11) is 0. The molecule has 0 amide bonds. The first kappa shape index (κ1) is 12.1. The molecule has 1 aromatic carbocycles. The summed E-state index contributed by atoms with van der Waals surface area (Å²) in [4.78, 5) is 10.5. The summed E-state index contributed by atoms with van der Waals surface area (Å²) in [6.07, 6.45) is 3.69. The van der Waals surface area contributed by atoms with Gasteiger partial charge in [0.25, 0.3) is 5.69 Å². The highest BCUT2D eigenvalue weighted by molar-refractivity contribution is 9.10. The van der Waals surface area contributed by atoms with Crippen LogP contribution in [0.1, 0.15) is 5.56 Å². The highest BCUT2D eigenvalue weighted by atomic mass is 79.9. The van der Waals surface area contributed by atoms with E-state index in [1.165, 1.54) is 12.1 Å². The zero-order chi connectivity index (χ0) is 12.4. The smallest absolute Gasteiger partial charge is 0.274 e. The van der Waals surface area contributed by atoms with Crippen LogP contribution in [0.3, 0.4) is 0 Å². The van der Waals surface area contributed by atoms with Gasteiger partial charge < -0.3 is 4.57 Å². The number of aromatic nitrogens is 1. The van der Waals surface area contributed by atoms with E-state index in [0.29, 0.717) is 17.1 Å².